The summed E-state index contributed by atoms with van der Waals surface area (Å²) >= 11 is 1.62. The van der Waals surface area contributed by atoms with E-state index in [4.69, 9.17) is 5.73 Å². The van der Waals surface area contributed by atoms with Crippen molar-refractivity contribution in [3.8, 4) is 0 Å². The van der Waals surface area contributed by atoms with Crippen LogP contribution in [0.4, 0.5) is 0 Å². The predicted octanol–water partition coefficient (Wildman–Crippen LogP) is 2.43. The number of hydrogen-bond acceptors (Lipinski definition) is 3. The van der Waals surface area contributed by atoms with Crippen LogP contribution in [0.25, 0.3) is 0 Å². The average Bonchev–Trinajstić information content (AvgIpc) is 2.93. The molecule has 18 heavy (non-hydrogen) atoms. The number of amides is 1. The zero-order valence-electron chi connectivity index (χ0n) is 11.5. The maximum absolute atomic E-state index is 12.4. The first-order valence-corrected chi connectivity index (χ1v) is 7.39. The lowest BCUT2D eigenvalue weighted by molar-refractivity contribution is 0.0781. The third-order valence-corrected chi connectivity index (χ3v) is 5.03. The van der Waals surface area contributed by atoms with Gasteiger partial charge in [-0.3, -0.25) is 4.79 Å². The summed E-state index contributed by atoms with van der Waals surface area (Å²) in [6.07, 6.45) is 2.01. The number of rotatable bonds is 3. The van der Waals surface area contributed by atoms with Gasteiger partial charge in [0.1, 0.15) is 0 Å². The lowest BCUT2D eigenvalue weighted by Crippen LogP contribution is -2.34. The molecule has 2 rings (SSSR count). The van der Waals surface area contributed by atoms with Crippen LogP contribution >= 0.6 is 11.3 Å². The largest absolute Gasteiger partial charge is 0.337 e. The summed E-state index contributed by atoms with van der Waals surface area (Å²) in [5, 5.41) is 0. The smallest absolute Gasteiger partial charge is 0.263 e. The SMILES string of the molecule is CCc1cc(C(=O)N2CCC(C)(CN)C2)sc1C. The van der Waals surface area contributed by atoms with E-state index in [9.17, 15) is 4.79 Å². The van der Waals surface area contributed by atoms with Crippen molar-refractivity contribution in [3.63, 3.8) is 0 Å². The van der Waals surface area contributed by atoms with E-state index in [1.165, 1.54) is 10.4 Å². The normalized spacial score (nSPS) is 23.7. The molecule has 1 atom stereocenters. The molecule has 1 unspecified atom stereocenters. The number of likely N-dealkylation sites (tertiary alicyclic amines) is 1. The number of nitrogens with two attached hydrogens (primary N) is 1. The molecule has 0 aliphatic carbocycles. The van der Waals surface area contributed by atoms with Crippen molar-refractivity contribution in [2.24, 2.45) is 11.1 Å². The van der Waals surface area contributed by atoms with E-state index < -0.39 is 0 Å². The van der Waals surface area contributed by atoms with E-state index in [0.717, 1.165) is 30.8 Å². The van der Waals surface area contributed by atoms with Crippen LogP contribution in [0.15, 0.2) is 6.07 Å². The average molecular weight is 266 g/mol. The first-order valence-electron chi connectivity index (χ1n) is 6.58. The van der Waals surface area contributed by atoms with Crippen molar-refractivity contribution in [2.45, 2.75) is 33.6 Å². The topological polar surface area (TPSA) is 46.3 Å². The Morgan fingerprint density at radius 3 is 2.83 bits per heavy atom. The van der Waals surface area contributed by atoms with Crippen LogP contribution in [0.5, 0.6) is 0 Å². The molecule has 2 heterocycles. The van der Waals surface area contributed by atoms with Crippen LogP contribution in [0.3, 0.4) is 0 Å². The Morgan fingerprint density at radius 2 is 2.33 bits per heavy atom. The van der Waals surface area contributed by atoms with Gasteiger partial charge >= 0.3 is 0 Å². The van der Waals surface area contributed by atoms with Gasteiger partial charge < -0.3 is 10.6 Å². The molecule has 1 fully saturated rings. The second-order valence-electron chi connectivity index (χ2n) is 5.54. The Bertz CT molecular complexity index is 455. The van der Waals surface area contributed by atoms with Gasteiger partial charge in [-0.15, -0.1) is 11.3 Å². The molecule has 0 spiro atoms. The number of carbonyl (C=O) groups excluding carboxylic acids is 1. The molecule has 1 aliphatic heterocycles. The Balaban J connectivity index is 2.12. The highest BCUT2D eigenvalue weighted by atomic mass is 32.1. The predicted molar refractivity (Wildman–Crippen MR) is 76.1 cm³/mol. The first-order chi connectivity index (χ1) is 8.49. The van der Waals surface area contributed by atoms with Gasteiger partial charge in [0, 0.05) is 18.0 Å². The molecule has 1 amide bonds. The highest BCUT2D eigenvalue weighted by molar-refractivity contribution is 7.14. The lowest BCUT2D eigenvalue weighted by atomic mass is 9.90. The second kappa shape index (κ2) is 5.02. The minimum Gasteiger partial charge on any atom is -0.337 e. The van der Waals surface area contributed by atoms with Gasteiger partial charge in [-0.2, -0.15) is 0 Å². The van der Waals surface area contributed by atoms with Crippen molar-refractivity contribution in [3.05, 3.63) is 21.4 Å². The third kappa shape index (κ3) is 2.45. The molecule has 1 aliphatic rings. The van der Waals surface area contributed by atoms with Gasteiger partial charge in [0.25, 0.3) is 5.91 Å². The molecule has 2 N–H and O–H groups in total. The molecular formula is C14H22N2OS. The van der Waals surface area contributed by atoms with Crippen LogP contribution in [0.2, 0.25) is 0 Å². The molecule has 0 bridgehead atoms. The number of hydrogen-bond donors (Lipinski definition) is 1. The van der Waals surface area contributed by atoms with E-state index >= 15 is 0 Å². The fourth-order valence-electron chi connectivity index (χ4n) is 2.50. The van der Waals surface area contributed by atoms with Gasteiger partial charge in [0.05, 0.1) is 4.88 Å². The fraction of sp³-hybridized carbons (Fsp3) is 0.643. The Morgan fingerprint density at radius 1 is 1.61 bits per heavy atom. The molecular weight excluding hydrogens is 244 g/mol. The van der Waals surface area contributed by atoms with Crippen molar-refractivity contribution in [1.29, 1.82) is 0 Å². The zero-order valence-corrected chi connectivity index (χ0v) is 12.3. The molecule has 0 saturated carbocycles. The van der Waals surface area contributed by atoms with Crippen LogP contribution in [0.1, 0.15) is 40.4 Å². The van der Waals surface area contributed by atoms with E-state index in [-0.39, 0.29) is 11.3 Å². The summed E-state index contributed by atoms with van der Waals surface area (Å²) in [5.74, 6) is 0.181. The lowest BCUT2D eigenvalue weighted by Gasteiger charge is -2.22. The Kier molecular flexibility index (Phi) is 3.78. The van der Waals surface area contributed by atoms with Gasteiger partial charge in [-0.1, -0.05) is 13.8 Å². The standard InChI is InChI=1S/C14H22N2OS/c1-4-11-7-12(18-10(11)2)13(17)16-6-5-14(3,8-15)9-16/h7H,4-6,8-9,15H2,1-3H3. The highest BCUT2D eigenvalue weighted by Crippen LogP contribution is 2.31. The summed E-state index contributed by atoms with van der Waals surface area (Å²) in [5.41, 5.74) is 7.19. The summed E-state index contributed by atoms with van der Waals surface area (Å²) in [4.78, 5) is 16.5. The van der Waals surface area contributed by atoms with Gasteiger partial charge in [0.15, 0.2) is 0 Å². The minimum absolute atomic E-state index is 0.107. The van der Waals surface area contributed by atoms with Crippen molar-refractivity contribution >= 4 is 17.2 Å². The maximum Gasteiger partial charge on any atom is 0.263 e. The van der Waals surface area contributed by atoms with Crippen molar-refractivity contribution in [1.82, 2.24) is 4.90 Å². The summed E-state index contributed by atoms with van der Waals surface area (Å²) in [7, 11) is 0. The van der Waals surface area contributed by atoms with Gasteiger partial charge in [-0.05, 0) is 43.4 Å². The van der Waals surface area contributed by atoms with Crippen molar-refractivity contribution in [2.75, 3.05) is 19.6 Å². The summed E-state index contributed by atoms with van der Waals surface area (Å²) < 4.78 is 0. The number of nitrogens with zero attached hydrogens (tertiary/aromatic N) is 1. The van der Waals surface area contributed by atoms with Crippen molar-refractivity contribution < 1.29 is 4.79 Å². The molecule has 0 aromatic carbocycles. The Hall–Kier alpha value is -0.870. The molecule has 1 saturated heterocycles. The van der Waals surface area contributed by atoms with Gasteiger partial charge in [-0.25, -0.2) is 0 Å². The first kappa shape index (κ1) is 13.6. The van der Waals surface area contributed by atoms with E-state index in [1.54, 1.807) is 11.3 Å². The Labute approximate surface area is 113 Å². The van der Waals surface area contributed by atoms with E-state index in [2.05, 4.69) is 26.8 Å². The minimum atomic E-state index is 0.107. The number of thiophene rings is 1. The molecule has 0 radical (unpaired) electrons. The fourth-order valence-corrected chi connectivity index (χ4v) is 3.58. The van der Waals surface area contributed by atoms with Crippen LogP contribution in [-0.2, 0) is 6.42 Å². The number of aryl methyl sites for hydroxylation is 2. The molecule has 4 heteroatoms. The molecule has 100 valence electrons. The summed E-state index contributed by atoms with van der Waals surface area (Å²) in [6, 6.07) is 2.06. The van der Waals surface area contributed by atoms with Crippen LogP contribution in [-0.4, -0.2) is 30.4 Å². The zero-order chi connectivity index (χ0) is 13.3. The summed E-state index contributed by atoms with van der Waals surface area (Å²) in [6.45, 7) is 8.67. The molecule has 3 nitrogen and oxygen atoms in total. The monoisotopic (exact) mass is 266 g/mol. The number of carbonyl (C=O) groups is 1. The van der Waals surface area contributed by atoms with Gasteiger partial charge in [0.2, 0.25) is 0 Å². The quantitative estimate of drug-likeness (QED) is 0.913. The third-order valence-electron chi connectivity index (χ3n) is 3.95. The van der Waals surface area contributed by atoms with E-state index in [0.29, 0.717) is 6.54 Å². The maximum atomic E-state index is 12.4. The molecule has 1 aromatic rings. The molecule has 1 aromatic heterocycles. The van der Waals surface area contributed by atoms with E-state index in [1.807, 2.05) is 4.90 Å². The highest BCUT2D eigenvalue weighted by Gasteiger charge is 2.35. The van der Waals surface area contributed by atoms with Crippen LogP contribution in [0, 0.1) is 12.3 Å². The van der Waals surface area contributed by atoms with Crippen LogP contribution < -0.4 is 5.73 Å². The second-order valence-corrected chi connectivity index (χ2v) is 6.79.